The number of carboxylic acid groups (broad SMARTS) is 1. The summed E-state index contributed by atoms with van der Waals surface area (Å²) in [5.74, 6) is -1.75. The lowest BCUT2D eigenvalue weighted by Gasteiger charge is -2.12. The van der Waals surface area contributed by atoms with Crippen molar-refractivity contribution in [1.82, 2.24) is 0 Å². The average Bonchev–Trinajstić information content (AvgIpc) is 2.05. The first kappa shape index (κ1) is 7.55. The molecule has 0 bridgehead atoms. The van der Waals surface area contributed by atoms with Crippen molar-refractivity contribution in [2.75, 3.05) is 13.7 Å². The fourth-order valence-electron chi connectivity index (χ4n) is 1.04. The van der Waals surface area contributed by atoms with Crippen LogP contribution in [0.2, 0.25) is 0 Å². The number of hydrogen-bond acceptors (Lipinski definition) is 2. The summed E-state index contributed by atoms with van der Waals surface area (Å²) in [5.41, 5.74) is 0.249. The molecular weight excluding hydrogens is 156 g/mol. The molecule has 1 rings (SSSR count). The summed E-state index contributed by atoms with van der Waals surface area (Å²) < 4.78 is 12.7. The molecule has 0 aromatic heterocycles. The van der Waals surface area contributed by atoms with Gasteiger partial charge in [0.2, 0.25) is 0 Å². The zero-order valence-corrected chi connectivity index (χ0v) is 6.91. The van der Waals surface area contributed by atoms with Gasteiger partial charge in [0, 0.05) is 14.4 Å². The van der Waals surface area contributed by atoms with Gasteiger partial charge in [-0.15, -0.1) is 0 Å². The number of allylic oxidation sites excluding steroid dienone is 1. The summed E-state index contributed by atoms with van der Waals surface area (Å²) in [6.45, 7) is 0.285. The highest BCUT2D eigenvalue weighted by Crippen LogP contribution is 2.16. The molecule has 1 aliphatic rings. The molecule has 12 heavy (non-hydrogen) atoms. The quantitative estimate of drug-likeness (QED) is 0.691. The second kappa shape index (κ2) is 4.07. The first-order chi connectivity index (χ1) is 6.07. The Morgan fingerprint density at radius 3 is 3.17 bits per heavy atom. The van der Waals surface area contributed by atoms with Crippen LogP contribution in [0.5, 0.6) is 0 Å². The molecule has 0 saturated heterocycles. The standard InChI is InChI=1S/C9H12O3/c1-12-6-7-2-4-8(5-3-7)9(10)11/h2,4-5,7H,3,6H2,1H3,(H,10,11)/i7D. The first-order valence-electron chi connectivity index (χ1n) is 4.19. The Hall–Kier alpha value is -1.09. The maximum Gasteiger partial charge on any atom is 0.335 e. The highest BCUT2D eigenvalue weighted by molar-refractivity contribution is 5.90. The number of carboxylic acids is 1. The fourth-order valence-corrected chi connectivity index (χ4v) is 1.04. The lowest BCUT2D eigenvalue weighted by molar-refractivity contribution is -0.132. The first-order valence-corrected chi connectivity index (χ1v) is 3.69. The van der Waals surface area contributed by atoms with E-state index in [0.717, 1.165) is 0 Å². The summed E-state index contributed by atoms with van der Waals surface area (Å²) in [5, 5.41) is 8.63. The molecule has 0 radical (unpaired) electrons. The SMILES string of the molecule is [2H]C1(COC)C=CC(C(=O)O)=CC1. The van der Waals surface area contributed by atoms with Gasteiger partial charge in [0.15, 0.2) is 0 Å². The molecular formula is C9H12O3. The largest absolute Gasteiger partial charge is 0.478 e. The maximum atomic E-state index is 10.5. The van der Waals surface area contributed by atoms with Crippen LogP contribution in [0.1, 0.15) is 7.79 Å². The van der Waals surface area contributed by atoms with E-state index in [1.54, 1.807) is 12.2 Å². The smallest absolute Gasteiger partial charge is 0.335 e. The van der Waals surface area contributed by atoms with Gasteiger partial charge in [-0.3, -0.25) is 0 Å². The van der Waals surface area contributed by atoms with Gasteiger partial charge in [0.05, 0.1) is 12.2 Å². The van der Waals surface area contributed by atoms with Crippen molar-refractivity contribution in [1.29, 1.82) is 0 Å². The minimum absolute atomic E-state index is 0.249. The average molecular weight is 169 g/mol. The van der Waals surface area contributed by atoms with Crippen LogP contribution in [0.25, 0.3) is 0 Å². The van der Waals surface area contributed by atoms with Crippen LogP contribution < -0.4 is 0 Å². The minimum atomic E-state index is -0.948. The Morgan fingerprint density at radius 2 is 2.75 bits per heavy atom. The molecule has 0 aromatic carbocycles. The van der Waals surface area contributed by atoms with E-state index in [4.69, 9.17) is 11.2 Å². The maximum absolute atomic E-state index is 10.5. The molecule has 1 unspecified atom stereocenters. The number of aliphatic carboxylic acids is 1. The molecule has 0 aromatic rings. The van der Waals surface area contributed by atoms with Crippen molar-refractivity contribution >= 4 is 5.97 Å². The van der Waals surface area contributed by atoms with E-state index < -0.39 is 11.9 Å². The van der Waals surface area contributed by atoms with Gasteiger partial charge in [-0.25, -0.2) is 4.79 Å². The van der Waals surface area contributed by atoms with E-state index in [9.17, 15) is 4.79 Å². The Morgan fingerprint density at radius 1 is 2.00 bits per heavy atom. The zero-order chi connectivity index (χ0) is 9.90. The Bertz CT molecular complexity index is 270. The van der Waals surface area contributed by atoms with E-state index in [2.05, 4.69) is 0 Å². The van der Waals surface area contributed by atoms with E-state index in [-0.39, 0.29) is 12.2 Å². The zero-order valence-electron chi connectivity index (χ0n) is 7.91. The van der Waals surface area contributed by atoms with Crippen molar-refractivity contribution in [2.24, 2.45) is 5.89 Å². The van der Waals surface area contributed by atoms with Gasteiger partial charge in [0.1, 0.15) is 0 Å². The predicted molar refractivity (Wildman–Crippen MR) is 44.8 cm³/mol. The Labute approximate surface area is 72.7 Å². The van der Waals surface area contributed by atoms with Crippen LogP contribution in [-0.4, -0.2) is 24.8 Å². The molecule has 3 heteroatoms. The third-order valence-electron chi connectivity index (χ3n) is 1.66. The number of rotatable bonds is 3. The normalized spacial score (nSPS) is 29.4. The molecule has 0 saturated carbocycles. The van der Waals surface area contributed by atoms with E-state index >= 15 is 0 Å². The lowest BCUT2D eigenvalue weighted by Crippen LogP contribution is -2.09. The molecule has 66 valence electrons. The van der Waals surface area contributed by atoms with E-state index in [1.807, 2.05) is 0 Å². The van der Waals surface area contributed by atoms with E-state index in [0.29, 0.717) is 6.42 Å². The Kier molecular flexibility index (Phi) is 2.56. The summed E-state index contributed by atoms with van der Waals surface area (Å²) in [6.07, 6.45) is 4.96. The molecule has 0 aliphatic heterocycles. The fraction of sp³-hybridized carbons (Fsp3) is 0.444. The third kappa shape index (κ3) is 2.20. The summed E-state index contributed by atoms with van der Waals surface area (Å²) in [7, 11) is 1.53. The number of hydrogen-bond donors (Lipinski definition) is 1. The second-order valence-corrected chi connectivity index (χ2v) is 2.59. The van der Waals surface area contributed by atoms with Crippen LogP contribution in [0.3, 0.4) is 0 Å². The molecule has 1 N–H and O–H groups in total. The van der Waals surface area contributed by atoms with Gasteiger partial charge in [-0.2, -0.15) is 0 Å². The highest BCUT2D eigenvalue weighted by atomic mass is 16.5. The molecule has 0 heterocycles. The topological polar surface area (TPSA) is 46.5 Å². The van der Waals surface area contributed by atoms with Gasteiger partial charge in [-0.05, 0) is 6.42 Å². The van der Waals surface area contributed by atoms with Gasteiger partial charge < -0.3 is 9.84 Å². The van der Waals surface area contributed by atoms with E-state index in [1.165, 1.54) is 13.2 Å². The molecule has 1 atom stereocenters. The summed E-state index contributed by atoms with van der Waals surface area (Å²) in [6, 6.07) is 0. The van der Waals surface area contributed by atoms with Crippen molar-refractivity contribution in [2.45, 2.75) is 6.42 Å². The van der Waals surface area contributed by atoms with Gasteiger partial charge in [0.25, 0.3) is 0 Å². The molecule has 0 fully saturated rings. The monoisotopic (exact) mass is 169 g/mol. The summed E-state index contributed by atoms with van der Waals surface area (Å²) in [4.78, 5) is 10.5. The summed E-state index contributed by atoms with van der Waals surface area (Å²) >= 11 is 0. The van der Waals surface area contributed by atoms with Crippen LogP contribution in [0.4, 0.5) is 0 Å². The van der Waals surface area contributed by atoms with Crippen LogP contribution >= 0.6 is 0 Å². The number of ether oxygens (including phenoxy) is 1. The Balaban J connectivity index is 2.67. The van der Waals surface area contributed by atoms with Gasteiger partial charge >= 0.3 is 5.97 Å². The van der Waals surface area contributed by atoms with Crippen molar-refractivity contribution < 1.29 is 16.0 Å². The van der Waals surface area contributed by atoms with Crippen molar-refractivity contribution in [3.63, 3.8) is 0 Å². The molecule has 3 nitrogen and oxygen atoms in total. The second-order valence-electron chi connectivity index (χ2n) is 2.59. The van der Waals surface area contributed by atoms with Crippen LogP contribution in [-0.2, 0) is 9.53 Å². The van der Waals surface area contributed by atoms with Crippen LogP contribution in [0, 0.1) is 5.89 Å². The predicted octanol–water partition coefficient (Wildman–Crippen LogP) is 1.22. The van der Waals surface area contributed by atoms with Crippen molar-refractivity contribution in [3.05, 3.63) is 23.8 Å². The highest BCUT2D eigenvalue weighted by Gasteiger charge is 2.11. The van der Waals surface area contributed by atoms with Gasteiger partial charge in [-0.1, -0.05) is 18.2 Å². The number of methoxy groups -OCH3 is 1. The molecule has 0 spiro atoms. The minimum Gasteiger partial charge on any atom is -0.478 e. The number of carbonyl (C=O) groups is 1. The third-order valence-corrected chi connectivity index (χ3v) is 1.66. The molecule has 1 aliphatic carbocycles. The lowest BCUT2D eigenvalue weighted by atomic mass is 9.98. The van der Waals surface area contributed by atoms with Crippen molar-refractivity contribution in [3.8, 4) is 0 Å². The molecule has 0 amide bonds. The van der Waals surface area contributed by atoms with Crippen LogP contribution in [0.15, 0.2) is 23.8 Å².